The Morgan fingerprint density at radius 3 is 2.47 bits per heavy atom. The lowest BCUT2D eigenvalue weighted by Gasteiger charge is -2.35. The third-order valence-electron chi connectivity index (χ3n) is 5.44. The number of carbonyl (C=O) groups is 4. The van der Waals surface area contributed by atoms with E-state index in [2.05, 4.69) is 10.6 Å². The molecule has 0 bridgehead atoms. The molecule has 2 N–H and O–H groups in total. The number of halogens is 1. The maximum atomic E-state index is 13.5. The van der Waals surface area contributed by atoms with E-state index in [1.807, 2.05) is 20.8 Å². The van der Waals surface area contributed by atoms with Crippen LogP contribution >= 0.6 is 11.6 Å². The Labute approximate surface area is 205 Å². The monoisotopic (exact) mass is 495 g/mol. The molecular weight excluding hydrogens is 462 g/mol. The molecule has 1 aromatic carbocycles. The highest BCUT2D eigenvalue weighted by Gasteiger charge is 2.42. The van der Waals surface area contributed by atoms with E-state index in [0.29, 0.717) is 26.0 Å². The summed E-state index contributed by atoms with van der Waals surface area (Å²) in [6, 6.07) is 5.04. The van der Waals surface area contributed by atoms with Gasteiger partial charge in [0.25, 0.3) is 5.91 Å². The van der Waals surface area contributed by atoms with Gasteiger partial charge in [-0.2, -0.15) is 0 Å². The summed E-state index contributed by atoms with van der Waals surface area (Å²) in [5.74, 6) is -1.69. The van der Waals surface area contributed by atoms with Crippen LogP contribution in [0.3, 0.4) is 0 Å². The van der Waals surface area contributed by atoms with Crippen LogP contribution in [-0.2, 0) is 23.9 Å². The quantitative estimate of drug-likeness (QED) is 0.402. The Balaban J connectivity index is 2.13. The molecule has 1 heterocycles. The standard InChI is InChI=1S/C24H34ClN3O6/c1-6-33-19(34-15(2)29)14-26-22(31)18-12-9-13-28(18)23(32)20(24(3,4)5)27-21(30)16-10-7-8-11-17(16)25/h7-8,10-11,18-20H,6,9,12-14H2,1-5H3,(H,26,31)(H,27,30)/t18?,19-,20-/m1/s1. The zero-order chi connectivity index (χ0) is 25.5. The topological polar surface area (TPSA) is 114 Å². The zero-order valence-electron chi connectivity index (χ0n) is 20.4. The number of hydrogen-bond acceptors (Lipinski definition) is 6. The molecule has 3 atom stereocenters. The third kappa shape index (κ3) is 7.43. The number of nitrogens with one attached hydrogen (secondary N) is 2. The average Bonchev–Trinajstić information content (AvgIpc) is 3.24. The molecule has 0 saturated carbocycles. The van der Waals surface area contributed by atoms with Gasteiger partial charge in [0.15, 0.2) is 0 Å². The normalized spacial score (nSPS) is 17.6. The molecule has 1 aromatic rings. The molecule has 9 nitrogen and oxygen atoms in total. The molecule has 1 unspecified atom stereocenters. The molecule has 1 fully saturated rings. The van der Waals surface area contributed by atoms with Crippen LogP contribution in [0.1, 0.15) is 57.8 Å². The second-order valence-electron chi connectivity index (χ2n) is 9.18. The molecule has 0 spiro atoms. The van der Waals surface area contributed by atoms with E-state index >= 15 is 0 Å². The molecule has 0 radical (unpaired) electrons. The van der Waals surface area contributed by atoms with Crippen molar-refractivity contribution in [3.8, 4) is 0 Å². The van der Waals surface area contributed by atoms with E-state index in [0.717, 1.165) is 0 Å². The van der Waals surface area contributed by atoms with Crippen LogP contribution in [0.5, 0.6) is 0 Å². The van der Waals surface area contributed by atoms with Gasteiger partial charge in [-0.3, -0.25) is 19.2 Å². The summed E-state index contributed by atoms with van der Waals surface area (Å²) in [7, 11) is 0. The van der Waals surface area contributed by atoms with Crippen molar-refractivity contribution >= 4 is 35.3 Å². The van der Waals surface area contributed by atoms with Gasteiger partial charge in [-0.25, -0.2) is 0 Å². The summed E-state index contributed by atoms with van der Waals surface area (Å²) in [4.78, 5) is 52.1. The summed E-state index contributed by atoms with van der Waals surface area (Å²) in [5, 5.41) is 5.81. The number of nitrogens with zero attached hydrogens (tertiary/aromatic N) is 1. The molecule has 3 amide bonds. The summed E-state index contributed by atoms with van der Waals surface area (Å²) in [6.45, 7) is 9.22. The lowest BCUT2D eigenvalue weighted by Crippen LogP contribution is -2.58. The van der Waals surface area contributed by atoms with Gasteiger partial charge in [0.1, 0.15) is 12.1 Å². The predicted molar refractivity (Wildman–Crippen MR) is 127 cm³/mol. The van der Waals surface area contributed by atoms with Crippen LogP contribution in [0, 0.1) is 5.41 Å². The van der Waals surface area contributed by atoms with Crippen molar-refractivity contribution in [2.45, 2.75) is 65.8 Å². The minimum absolute atomic E-state index is 0.0310. The molecule has 188 valence electrons. The number of rotatable bonds is 9. The first-order valence-electron chi connectivity index (χ1n) is 11.4. The Hall–Kier alpha value is -2.65. The van der Waals surface area contributed by atoms with Crippen LogP contribution in [-0.4, -0.2) is 66.7 Å². The average molecular weight is 496 g/mol. The third-order valence-corrected chi connectivity index (χ3v) is 5.77. The molecule has 2 rings (SSSR count). The predicted octanol–water partition coefficient (Wildman–Crippen LogP) is 2.52. The van der Waals surface area contributed by atoms with Crippen LogP contribution in [0.15, 0.2) is 24.3 Å². The minimum atomic E-state index is -0.908. The highest BCUT2D eigenvalue weighted by Crippen LogP contribution is 2.27. The fraction of sp³-hybridized carbons (Fsp3) is 0.583. The van der Waals surface area contributed by atoms with Crippen molar-refractivity contribution in [3.05, 3.63) is 34.9 Å². The number of amides is 3. The highest BCUT2D eigenvalue weighted by molar-refractivity contribution is 6.33. The van der Waals surface area contributed by atoms with E-state index < -0.39 is 35.7 Å². The van der Waals surface area contributed by atoms with E-state index in [1.54, 1.807) is 31.2 Å². The number of likely N-dealkylation sites (tertiary alicyclic amines) is 1. The van der Waals surface area contributed by atoms with Crippen LogP contribution in [0.2, 0.25) is 5.02 Å². The first-order valence-corrected chi connectivity index (χ1v) is 11.8. The van der Waals surface area contributed by atoms with Crippen molar-refractivity contribution in [1.82, 2.24) is 15.5 Å². The fourth-order valence-corrected chi connectivity index (χ4v) is 4.00. The molecule has 1 saturated heterocycles. The first-order chi connectivity index (χ1) is 16.0. The molecule has 34 heavy (non-hydrogen) atoms. The number of hydrogen-bond donors (Lipinski definition) is 2. The van der Waals surface area contributed by atoms with Crippen molar-refractivity contribution in [1.29, 1.82) is 0 Å². The van der Waals surface area contributed by atoms with E-state index in [-0.39, 0.29) is 28.9 Å². The first kappa shape index (κ1) is 27.6. The van der Waals surface area contributed by atoms with Gasteiger partial charge in [0.2, 0.25) is 18.1 Å². The van der Waals surface area contributed by atoms with E-state index in [9.17, 15) is 19.2 Å². The van der Waals surface area contributed by atoms with Gasteiger partial charge in [0.05, 0.1) is 17.1 Å². The van der Waals surface area contributed by atoms with Crippen molar-refractivity contribution in [3.63, 3.8) is 0 Å². The van der Waals surface area contributed by atoms with Crippen LogP contribution in [0.25, 0.3) is 0 Å². The lowest BCUT2D eigenvalue weighted by molar-refractivity contribution is -0.175. The number of carbonyl (C=O) groups excluding carboxylic acids is 4. The molecular formula is C24H34ClN3O6. The van der Waals surface area contributed by atoms with Gasteiger partial charge in [-0.05, 0) is 37.3 Å². The number of benzene rings is 1. The van der Waals surface area contributed by atoms with Gasteiger partial charge < -0.3 is 25.0 Å². The Morgan fingerprint density at radius 2 is 1.88 bits per heavy atom. The molecule has 1 aliphatic rings. The van der Waals surface area contributed by atoms with Gasteiger partial charge in [-0.15, -0.1) is 0 Å². The lowest BCUT2D eigenvalue weighted by atomic mass is 9.85. The number of ether oxygens (including phenoxy) is 2. The van der Waals surface area contributed by atoms with Crippen molar-refractivity contribution in [2.24, 2.45) is 5.41 Å². The summed E-state index contributed by atoms with van der Waals surface area (Å²) < 4.78 is 10.4. The molecule has 0 aliphatic carbocycles. The number of esters is 1. The second kappa shape index (κ2) is 12.2. The van der Waals surface area contributed by atoms with Gasteiger partial charge >= 0.3 is 5.97 Å². The van der Waals surface area contributed by atoms with Gasteiger partial charge in [-0.1, -0.05) is 44.5 Å². The fourth-order valence-electron chi connectivity index (χ4n) is 3.78. The maximum absolute atomic E-state index is 13.5. The summed E-state index contributed by atoms with van der Waals surface area (Å²) >= 11 is 6.15. The Morgan fingerprint density at radius 1 is 1.21 bits per heavy atom. The Bertz CT molecular complexity index is 901. The second-order valence-corrected chi connectivity index (χ2v) is 9.59. The molecule has 0 aromatic heterocycles. The minimum Gasteiger partial charge on any atom is -0.434 e. The largest absolute Gasteiger partial charge is 0.434 e. The zero-order valence-corrected chi connectivity index (χ0v) is 21.1. The van der Waals surface area contributed by atoms with E-state index in [4.69, 9.17) is 21.1 Å². The van der Waals surface area contributed by atoms with Gasteiger partial charge in [0, 0.05) is 20.1 Å². The van der Waals surface area contributed by atoms with E-state index in [1.165, 1.54) is 11.8 Å². The SMILES string of the molecule is CCO[C@@H](CNC(=O)C1CCCN1C(=O)[C@@H](NC(=O)c1ccccc1Cl)C(C)(C)C)OC(C)=O. The van der Waals surface area contributed by atoms with Crippen LogP contribution < -0.4 is 10.6 Å². The van der Waals surface area contributed by atoms with Crippen molar-refractivity contribution in [2.75, 3.05) is 19.7 Å². The van der Waals surface area contributed by atoms with Crippen LogP contribution in [0.4, 0.5) is 0 Å². The molecule has 1 aliphatic heterocycles. The Kier molecular flexibility index (Phi) is 9.88. The van der Waals surface area contributed by atoms with Crippen molar-refractivity contribution < 1.29 is 28.7 Å². The summed E-state index contributed by atoms with van der Waals surface area (Å²) in [6.07, 6.45) is 0.229. The maximum Gasteiger partial charge on any atom is 0.305 e. The summed E-state index contributed by atoms with van der Waals surface area (Å²) in [5.41, 5.74) is -0.345. The highest BCUT2D eigenvalue weighted by atomic mass is 35.5. The smallest absolute Gasteiger partial charge is 0.305 e. The molecule has 10 heteroatoms.